The minimum absolute atomic E-state index is 0.0184. The van der Waals surface area contributed by atoms with Gasteiger partial charge in [-0.05, 0) is 38.1 Å². The van der Waals surface area contributed by atoms with E-state index in [-0.39, 0.29) is 18.2 Å². The maximum absolute atomic E-state index is 12.8. The number of carbonyl (C=O) groups excluding carboxylic acids is 2. The molecular weight excluding hydrogens is 380 g/mol. The summed E-state index contributed by atoms with van der Waals surface area (Å²) in [5.74, 6) is 0.0448. The maximum Gasteiger partial charge on any atom is 0.360 e. The van der Waals surface area contributed by atoms with Gasteiger partial charge in [-0.3, -0.25) is 4.79 Å². The second-order valence-corrected chi connectivity index (χ2v) is 7.25. The van der Waals surface area contributed by atoms with Crippen molar-refractivity contribution in [2.45, 2.75) is 13.8 Å². The van der Waals surface area contributed by atoms with Crippen LogP contribution in [0.1, 0.15) is 33.3 Å². The van der Waals surface area contributed by atoms with Crippen LogP contribution >= 0.6 is 0 Å². The zero-order valence-corrected chi connectivity index (χ0v) is 17.2. The molecule has 0 atom stereocenters. The second-order valence-electron chi connectivity index (χ2n) is 7.25. The number of benzene rings is 2. The monoisotopic (exact) mass is 404 g/mol. The van der Waals surface area contributed by atoms with Crippen LogP contribution < -0.4 is 4.90 Å². The minimum atomic E-state index is -0.482. The largest absolute Gasteiger partial charge is 0.461 e. The highest BCUT2D eigenvalue weighted by atomic mass is 16.5. The lowest BCUT2D eigenvalue weighted by atomic mass is 10.1. The number of ether oxygens (including phenoxy) is 1. The number of hydrogen-bond acceptors (Lipinski definition) is 6. The van der Waals surface area contributed by atoms with Gasteiger partial charge in [-0.15, -0.1) is 0 Å². The molecule has 1 aromatic heterocycles. The van der Waals surface area contributed by atoms with E-state index >= 15 is 0 Å². The van der Waals surface area contributed by atoms with E-state index in [1.165, 1.54) is 0 Å². The average molecular weight is 404 g/mol. The number of piperazine rings is 1. The molecule has 7 heteroatoms. The van der Waals surface area contributed by atoms with Gasteiger partial charge in [0, 0.05) is 31.7 Å². The number of para-hydroxylation sites is 2. The Morgan fingerprint density at radius 3 is 2.20 bits per heavy atom. The number of fused-ring (bicyclic) bond motifs is 1. The highest BCUT2D eigenvalue weighted by Gasteiger charge is 2.27. The van der Waals surface area contributed by atoms with Gasteiger partial charge >= 0.3 is 5.97 Å². The van der Waals surface area contributed by atoms with E-state index in [9.17, 15) is 9.59 Å². The van der Waals surface area contributed by atoms with Crippen LogP contribution in [0.15, 0.2) is 48.5 Å². The number of anilines is 1. The molecule has 0 radical (unpaired) electrons. The summed E-state index contributed by atoms with van der Waals surface area (Å²) < 4.78 is 5.20. The van der Waals surface area contributed by atoms with E-state index in [1.54, 1.807) is 6.92 Å². The van der Waals surface area contributed by atoms with Gasteiger partial charge in [0.15, 0.2) is 11.5 Å². The third-order valence-electron chi connectivity index (χ3n) is 5.19. The molecule has 0 bridgehead atoms. The van der Waals surface area contributed by atoms with Crippen LogP contribution in [0.3, 0.4) is 0 Å². The zero-order valence-electron chi connectivity index (χ0n) is 17.2. The van der Waals surface area contributed by atoms with Crippen LogP contribution in [0.25, 0.3) is 11.0 Å². The molecule has 1 amide bonds. The van der Waals surface area contributed by atoms with Gasteiger partial charge in [-0.25, -0.2) is 14.8 Å². The number of rotatable bonds is 4. The molecule has 7 nitrogen and oxygen atoms in total. The Labute approximate surface area is 175 Å². The van der Waals surface area contributed by atoms with Gasteiger partial charge in [-0.2, -0.15) is 0 Å². The fourth-order valence-electron chi connectivity index (χ4n) is 3.55. The van der Waals surface area contributed by atoms with Crippen molar-refractivity contribution in [1.29, 1.82) is 0 Å². The molecule has 30 heavy (non-hydrogen) atoms. The van der Waals surface area contributed by atoms with Crippen LogP contribution in [0, 0.1) is 6.92 Å². The number of hydrogen-bond donors (Lipinski definition) is 0. The first-order chi connectivity index (χ1) is 14.6. The summed E-state index contributed by atoms with van der Waals surface area (Å²) >= 11 is 0. The van der Waals surface area contributed by atoms with Gasteiger partial charge in [0.1, 0.15) is 0 Å². The van der Waals surface area contributed by atoms with E-state index in [0.29, 0.717) is 43.1 Å². The molecule has 0 saturated carbocycles. The van der Waals surface area contributed by atoms with Crippen molar-refractivity contribution in [2.24, 2.45) is 0 Å². The summed E-state index contributed by atoms with van der Waals surface area (Å²) in [4.78, 5) is 38.4. The molecule has 1 aliphatic rings. The van der Waals surface area contributed by atoms with Gasteiger partial charge < -0.3 is 14.5 Å². The fourth-order valence-corrected chi connectivity index (χ4v) is 3.55. The lowest BCUT2D eigenvalue weighted by molar-refractivity contribution is 0.0519. The highest BCUT2D eigenvalue weighted by Crippen LogP contribution is 2.23. The van der Waals surface area contributed by atoms with E-state index in [1.807, 2.05) is 65.3 Å². The van der Waals surface area contributed by atoms with E-state index in [4.69, 9.17) is 9.72 Å². The summed E-state index contributed by atoms with van der Waals surface area (Å²) in [6.07, 6.45) is 0. The number of amides is 1. The van der Waals surface area contributed by atoms with E-state index in [0.717, 1.165) is 11.1 Å². The van der Waals surface area contributed by atoms with Crippen molar-refractivity contribution in [3.63, 3.8) is 0 Å². The van der Waals surface area contributed by atoms with Crippen LogP contribution in [0.5, 0.6) is 0 Å². The third kappa shape index (κ3) is 3.96. The number of carbonyl (C=O) groups is 2. The highest BCUT2D eigenvalue weighted by molar-refractivity contribution is 5.96. The summed E-state index contributed by atoms with van der Waals surface area (Å²) in [6.45, 7) is 6.26. The molecule has 2 heterocycles. The van der Waals surface area contributed by atoms with Crippen LogP contribution in [-0.2, 0) is 4.74 Å². The Kier molecular flexibility index (Phi) is 5.61. The van der Waals surface area contributed by atoms with Crippen molar-refractivity contribution in [3.8, 4) is 0 Å². The maximum atomic E-state index is 12.8. The summed E-state index contributed by atoms with van der Waals surface area (Å²) in [5.41, 5.74) is 3.40. The summed E-state index contributed by atoms with van der Waals surface area (Å²) in [7, 11) is 0. The van der Waals surface area contributed by atoms with Crippen molar-refractivity contribution in [3.05, 3.63) is 65.4 Å². The van der Waals surface area contributed by atoms with Gasteiger partial charge in [0.25, 0.3) is 5.91 Å². The van der Waals surface area contributed by atoms with Crippen molar-refractivity contribution in [2.75, 3.05) is 37.7 Å². The molecule has 0 unspecified atom stereocenters. The molecule has 0 spiro atoms. The molecule has 0 aliphatic carbocycles. The quantitative estimate of drug-likeness (QED) is 0.622. The first kappa shape index (κ1) is 19.8. The van der Waals surface area contributed by atoms with Gasteiger partial charge in [0.2, 0.25) is 0 Å². The molecule has 154 valence electrons. The molecule has 1 fully saturated rings. The number of esters is 1. The molecule has 1 saturated heterocycles. The Bertz CT molecular complexity index is 1070. The lowest BCUT2D eigenvalue weighted by Gasteiger charge is -2.35. The van der Waals surface area contributed by atoms with E-state index < -0.39 is 5.97 Å². The zero-order chi connectivity index (χ0) is 21.1. The molecule has 1 aliphatic heterocycles. The number of nitrogens with zero attached hydrogens (tertiary/aromatic N) is 4. The Morgan fingerprint density at radius 2 is 1.57 bits per heavy atom. The smallest absolute Gasteiger partial charge is 0.360 e. The average Bonchev–Trinajstić information content (AvgIpc) is 2.78. The first-order valence-corrected chi connectivity index (χ1v) is 10.1. The minimum Gasteiger partial charge on any atom is -0.461 e. The second kappa shape index (κ2) is 8.49. The van der Waals surface area contributed by atoms with Crippen LogP contribution in [0.2, 0.25) is 0 Å². The van der Waals surface area contributed by atoms with Gasteiger partial charge in [0.05, 0.1) is 17.6 Å². The number of aryl methyl sites for hydroxylation is 1. The van der Waals surface area contributed by atoms with E-state index in [2.05, 4.69) is 4.98 Å². The lowest BCUT2D eigenvalue weighted by Crippen LogP contribution is -2.49. The Morgan fingerprint density at radius 1 is 0.933 bits per heavy atom. The third-order valence-corrected chi connectivity index (χ3v) is 5.19. The Hall–Kier alpha value is -3.48. The van der Waals surface area contributed by atoms with Crippen LogP contribution in [0.4, 0.5) is 5.82 Å². The van der Waals surface area contributed by atoms with Gasteiger partial charge in [-0.1, -0.05) is 29.8 Å². The molecular formula is C23H24N4O3. The number of aromatic nitrogens is 2. The first-order valence-electron chi connectivity index (χ1n) is 10.1. The fraction of sp³-hybridized carbons (Fsp3) is 0.304. The topological polar surface area (TPSA) is 75.6 Å². The molecule has 0 N–H and O–H groups in total. The standard InChI is InChI=1S/C23H24N4O3/c1-3-30-23(29)20-21(25-19-7-5-4-6-18(19)24-20)26-12-14-27(15-13-26)22(28)17-10-8-16(2)9-11-17/h4-11H,3,12-15H2,1-2H3. The molecule has 2 aromatic carbocycles. The summed E-state index contributed by atoms with van der Waals surface area (Å²) in [5, 5.41) is 0. The SMILES string of the molecule is CCOC(=O)c1nc2ccccc2nc1N1CCN(C(=O)c2ccc(C)cc2)CC1. The van der Waals surface area contributed by atoms with Crippen molar-refractivity contribution < 1.29 is 14.3 Å². The predicted molar refractivity (Wildman–Crippen MR) is 115 cm³/mol. The van der Waals surface area contributed by atoms with Crippen molar-refractivity contribution in [1.82, 2.24) is 14.9 Å². The summed E-state index contributed by atoms with van der Waals surface area (Å²) in [6, 6.07) is 15.1. The molecule has 3 aromatic rings. The normalized spacial score (nSPS) is 14.1. The van der Waals surface area contributed by atoms with Crippen molar-refractivity contribution >= 4 is 28.7 Å². The molecule has 4 rings (SSSR count). The predicted octanol–water partition coefficient (Wildman–Crippen LogP) is 3.08. The van der Waals surface area contributed by atoms with Crippen LogP contribution in [-0.4, -0.2) is 59.5 Å². The Balaban J connectivity index is 1.56.